The van der Waals surface area contributed by atoms with E-state index in [0.29, 0.717) is 6.42 Å². The number of ether oxygens (including phenoxy) is 1. The van der Waals surface area contributed by atoms with Crippen molar-refractivity contribution in [2.45, 2.75) is 39.3 Å². The van der Waals surface area contributed by atoms with Crippen molar-refractivity contribution < 1.29 is 13.2 Å². The minimum atomic E-state index is -3.17. The Morgan fingerprint density at radius 3 is 2.50 bits per heavy atom. The first-order valence-electron chi connectivity index (χ1n) is 6.11. The molecule has 0 radical (unpaired) electrons. The minimum absolute atomic E-state index is 0.274. The lowest BCUT2D eigenvalue weighted by atomic mass is 9.55. The van der Waals surface area contributed by atoms with Crippen LogP contribution in [0.2, 0.25) is 0 Å². The van der Waals surface area contributed by atoms with E-state index in [9.17, 15) is 8.42 Å². The standard InChI is InChI=1S/C13H13IO3S/c14-12-6-13(7-12,8-12)18(15,16)11-5-9-3-1-2-4-10(9)17-11/h1-4,11H,5-8H2. The fourth-order valence-corrected chi connectivity index (χ4v) is 9.07. The van der Waals surface area contributed by atoms with Gasteiger partial charge in [-0.3, -0.25) is 0 Å². The van der Waals surface area contributed by atoms with Crippen LogP contribution < -0.4 is 4.74 Å². The molecule has 4 aliphatic rings. The lowest BCUT2D eigenvalue weighted by molar-refractivity contribution is 0.0974. The largest absolute Gasteiger partial charge is 0.474 e. The molecular weight excluding hydrogens is 363 g/mol. The second kappa shape index (κ2) is 3.23. The Morgan fingerprint density at radius 2 is 1.89 bits per heavy atom. The average molecular weight is 376 g/mol. The van der Waals surface area contributed by atoms with Crippen LogP contribution in [0.5, 0.6) is 5.75 Å². The Labute approximate surface area is 120 Å². The van der Waals surface area contributed by atoms with E-state index >= 15 is 0 Å². The molecule has 96 valence electrons. The molecule has 1 heterocycles. The number of para-hydroxylation sites is 1. The minimum Gasteiger partial charge on any atom is -0.474 e. The molecule has 5 heteroatoms. The quantitative estimate of drug-likeness (QED) is 0.589. The highest BCUT2D eigenvalue weighted by Crippen LogP contribution is 2.70. The van der Waals surface area contributed by atoms with Crippen molar-refractivity contribution >= 4 is 32.4 Å². The fraction of sp³-hybridized carbons (Fsp3) is 0.538. The lowest BCUT2D eigenvalue weighted by Gasteiger charge is -2.66. The predicted octanol–water partition coefficient (Wildman–Crippen LogP) is 2.47. The Balaban J connectivity index is 1.63. The number of alkyl halides is 1. The van der Waals surface area contributed by atoms with Gasteiger partial charge in [-0.2, -0.15) is 0 Å². The summed E-state index contributed by atoms with van der Waals surface area (Å²) in [6, 6.07) is 7.62. The van der Waals surface area contributed by atoms with E-state index in [2.05, 4.69) is 22.6 Å². The van der Waals surface area contributed by atoms with Crippen LogP contribution in [0.1, 0.15) is 24.8 Å². The molecule has 1 unspecified atom stereocenters. The van der Waals surface area contributed by atoms with Gasteiger partial charge < -0.3 is 4.74 Å². The highest BCUT2D eigenvalue weighted by molar-refractivity contribution is 14.1. The Hall–Kier alpha value is -0.300. The molecule has 1 aromatic carbocycles. The maximum absolute atomic E-state index is 12.7. The van der Waals surface area contributed by atoms with Gasteiger partial charge in [0.15, 0.2) is 9.84 Å². The molecule has 0 amide bonds. The molecule has 3 nitrogen and oxygen atoms in total. The summed E-state index contributed by atoms with van der Waals surface area (Å²) in [5, 5.41) is 0. The molecule has 1 atom stereocenters. The van der Waals surface area contributed by atoms with Crippen molar-refractivity contribution in [2.75, 3.05) is 0 Å². The van der Waals surface area contributed by atoms with Crippen molar-refractivity contribution in [1.29, 1.82) is 0 Å². The maximum Gasteiger partial charge on any atom is 0.203 e. The van der Waals surface area contributed by atoms with Crippen LogP contribution >= 0.6 is 22.6 Å². The third-order valence-corrected chi connectivity index (χ3v) is 8.22. The summed E-state index contributed by atoms with van der Waals surface area (Å²) < 4.78 is 30.8. The van der Waals surface area contributed by atoms with Gasteiger partial charge in [0, 0.05) is 9.84 Å². The Morgan fingerprint density at radius 1 is 1.22 bits per heavy atom. The molecule has 0 spiro atoms. The van der Waals surface area contributed by atoms with E-state index in [4.69, 9.17) is 4.74 Å². The molecule has 3 fully saturated rings. The van der Waals surface area contributed by atoms with E-state index in [1.165, 1.54) is 0 Å². The molecule has 5 rings (SSSR count). The van der Waals surface area contributed by atoms with Gasteiger partial charge >= 0.3 is 0 Å². The van der Waals surface area contributed by atoms with E-state index < -0.39 is 20.0 Å². The van der Waals surface area contributed by atoms with E-state index in [1.54, 1.807) is 0 Å². The third-order valence-electron chi connectivity index (χ3n) is 4.48. The number of hydrogen-bond acceptors (Lipinski definition) is 3. The highest BCUT2D eigenvalue weighted by Gasteiger charge is 2.74. The van der Waals surface area contributed by atoms with Gasteiger partial charge in [-0.25, -0.2) is 8.42 Å². The molecule has 18 heavy (non-hydrogen) atoms. The molecular formula is C13H13IO3S. The number of rotatable bonds is 2. The van der Waals surface area contributed by atoms with E-state index in [1.807, 2.05) is 24.3 Å². The van der Waals surface area contributed by atoms with Crippen LogP contribution in [0, 0.1) is 0 Å². The van der Waals surface area contributed by atoms with E-state index in [0.717, 1.165) is 30.6 Å². The first-order chi connectivity index (χ1) is 8.44. The smallest absolute Gasteiger partial charge is 0.203 e. The third kappa shape index (κ3) is 1.27. The monoisotopic (exact) mass is 376 g/mol. The van der Waals surface area contributed by atoms with Crippen LogP contribution in [-0.4, -0.2) is 22.0 Å². The summed E-state index contributed by atoms with van der Waals surface area (Å²) in [5.41, 5.74) is 0.359. The number of fused-ring (bicyclic) bond motifs is 1. The predicted molar refractivity (Wildman–Crippen MR) is 76.8 cm³/mol. The van der Waals surface area contributed by atoms with Crippen molar-refractivity contribution in [3.8, 4) is 5.75 Å². The molecule has 0 aromatic heterocycles. The van der Waals surface area contributed by atoms with Gasteiger partial charge in [-0.1, -0.05) is 40.8 Å². The summed E-state index contributed by atoms with van der Waals surface area (Å²) in [7, 11) is -3.17. The first kappa shape index (κ1) is 11.5. The van der Waals surface area contributed by atoms with Crippen LogP contribution in [0.4, 0.5) is 0 Å². The van der Waals surface area contributed by atoms with Crippen molar-refractivity contribution in [2.24, 2.45) is 0 Å². The van der Waals surface area contributed by atoms with Crippen LogP contribution in [0.15, 0.2) is 24.3 Å². The summed E-state index contributed by atoms with van der Waals surface area (Å²) in [4.78, 5) is 0. The zero-order valence-corrected chi connectivity index (χ0v) is 12.7. The Bertz CT molecular complexity index is 593. The normalized spacial score (nSPS) is 40.4. The zero-order valence-electron chi connectivity index (χ0n) is 9.73. The van der Waals surface area contributed by atoms with Gasteiger partial charge in [0.2, 0.25) is 5.44 Å². The van der Waals surface area contributed by atoms with Gasteiger partial charge in [-0.05, 0) is 30.9 Å². The molecule has 2 bridgehead atoms. The van der Waals surface area contributed by atoms with E-state index in [-0.39, 0.29) is 3.42 Å². The van der Waals surface area contributed by atoms with Crippen LogP contribution in [0.3, 0.4) is 0 Å². The van der Waals surface area contributed by atoms with Crippen LogP contribution in [-0.2, 0) is 16.3 Å². The summed E-state index contributed by atoms with van der Waals surface area (Å²) in [6.45, 7) is 0. The van der Waals surface area contributed by atoms with Crippen molar-refractivity contribution in [1.82, 2.24) is 0 Å². The molecule has 3 saturated carbocycles. The SMILES string of the molecule is O=S(=O)(C1Cc2ccccc2O1)C12CC(I)(C1)C2. The number of halogens is 1. The second-order valence-electron chi connectivity index (χ2n) is 5.77. The zero-order chi connectivity index (χ0) is 12.6. The Kier molecular flexibility index (Phi) is 2.07. The van der Waals surface area contributed by atoms with Crippen LogP contribution in [0.25, 0.3) is 0 Å². The maximum atomic E-state index is 12.7. The highest BCUT2D eigenvalue weighted by atomic mass is 127. The van der Waals surface area contributed by atoms with Crippen molar-refractivity contribution in [3.05, 3.63) is 29.8 Å². The fourth-order valence-electron chi connectivity index (χ4n) is 3.48. The topological polar surface area (TPSA) is 43.4 Å². The van der Waals surface area contributed by atoms with Gasteiger partial charge in [0.25, 0.3) is 0 Å². The van der Waals surface area contributed by atoms with Gasteiger partial charge in [-0.15, -0.1) is 0 Å². The second-order valence-corrected chi connectivity index (χ2v) is 10.5. The number of benzene rings is 1. The molecule has 0 N–H and O–H groups in total. The number of sulfone groups is 1. The molecule has 0 saturated heterocycles. The summed E-state index contributed by atoms with van der Waals surface area (Å²) in [5.74, 6) is 0.738. The average Bonchev–Trinajstić information content (AvgIpc) is 2.67. The summed E-state index contributed by atoms with van der Waals surface area (Å²) >= 11 is 2.40. The lowest BCUT2D eigenvalue weighted by Crippen LogP contribution is -2.73. The van der Waals surface area contributed by atoms with Gasteiger partial charge in [0.05, 0.1) is 4.75 Å². The summed E-state index contributed by atoms with van der Waals surface area (Å²) in [6.07, 6.45) is 2.96. The number of hydrogen-bond donors (Lipinski definition) is 0. The molecule has 3 aliphatic carbocycles. The molecule has 1 aromatic rings. The van der Waals surface area contributed by atoms with Crippen molar-refractivity contribution in [3.63, 3.8) is 0 Å². The first-order valence-corrected chi connectivity index (χ1v) is 8.74. The van der Waals surface area contributed by atoms with Gasteiger partial charge in [0.1, 0.15) is 5.75 Å². The molecule has 1 aliphatic heterocycles.